The molecule has 1 heterocycles. The summed E-state index contributed by atoms with van der Waals surface area (Å²) in [6.07, 6.45) is 0.825. The highest BCUT2D eigenvalue weighted by Crippen LogP contribution is 2.29. The van der Waals surface area contributed by atoms with Gasteiger partial charge < -0.3 is 14.8 Å². The number of hydrogen-bond donors (Lipinski definition) is 2. The Morgan fingerprint density at radius 1 is 1.04 bits per heavy atom. The Balaban J connectivity index is 1.92. The molecule has 3 rings (SSSR count). The zero-order chi connectivity index (χ0) is 16.4. The lowest BCUT2D eigenvalue weighted by Gasteiger charge is -2.12. The van der Waals surface area contributed by atoms with Gasteiger partial charge in [0.25, 0.3) is 10.0 Å². The van der Waals surface area contributed by atoms with Gasteiger partial charge in [0.05, 0.1) is 24.8 Å². The lowest BCUT2D eigenvalue weighted by Crippen LogP contribution is -2.13. The Labute approximate surface area is 135 Å². The first-order valence-corrected chi connectivity index (χ1v) is 8.63. The number of benzene rings is 2. The lowest BCUT2D eigenvalue weighted by molar-refractivity contribution is 0.395. The molecule has 0 bridgehead atoms. The van der Waals surface area contributed by atoms with Crippen LogP contribution in [0.4, 0.5) is 11.4 Å². The van der Waals surface area contributed by atoms with Crippen LogP contribution in [0.1, 0.15) is 5.56 Å². The van der Waals surface area contributed by atoms with E-state index in [0.29, 0.717) is 17.2 Å². The summed E-state index contributed by atoms with van der Waals surface area (Å²) in [6.45, 7) is 0.833. The third-order valence-corrected chi connectivity index (χ3v) is 5.08. The van der Waals surface area contributed by atoms with E-state index in [-0.39, 0.29) is 4.90 Å². The molecule has 0 unspecified atom stereocenters. The number of hydrogen-bond acceptors (Lipinski definition) is 5. The van der Waals surface area contributed by atoms with Crippen molar-refractivity contribution in [2.45, 2.75) is 11.3 Å². The van der Waals surface area contributed by atoms with Crippen LogP contribution in [0, 0.1) is 0 Å². The van der Waals surface area contributed by atoms with Crippen LogP contribution in [-0.4, -0.2) is 29.2 Å². The van der Waals surface area contributed by atoms with Gasteiger partial charge in [-0.2, -0.15) is 0 Å². The van der Waals surface area contributed by atoms with Gasteiger partial charge in [-0.3, -0.25) is 4.72 Å². The first kappa shape index (κ1) is 15.5. The predicted octanol–water partition coefficient (Wildman–Crippen LogP) is 2.47. The Kier molecular flexibility index (Phi) is 4.04. The van der Waals surface area contributed by atoms with E-state index in [2.05, 4.69) is 10.0 Å². The minimum absolute atomic E-state index is 0.238. The van der Waals surface area contributed by atoms with Crippen LogP contribution in [0.5, 0.6) is 11.5 Å². The second kappa shape index (κ2) is 6.00. The molecule has 0 aromatic heterocycles. The summed E-state index contributed by atoms with van der Waals surface area (Å²) in [7, 11) is -0.645. The van der Waals surface area contributed by atoms with E-state index in [1.165, 1.54) is 14.2 Å². The van der Waals surface area contributed by atoms with Crippen molar-refractivity contribution in [3.63, 3.8) is 0 Å². The van der Waals surface area contributed by atoms with Gasteiger partial charge in [0, 0.05) is 30.4 Å². The van der Waals surface area contributed by atoms with Crippen molar-refractivity contribution in [3.8, 4) is 11.5 Å². The van der Waals surface area contributed by atoms with E-state index in [1.54, 1.807) is 36.4 Å². The molecular weight excluding hydrogens is 316 g/mol. The number of ether oxygens (including phenoxy) is 2. The molecule has 0 spiro atoms. The molecule has 0 radical (unpaired) electrons. The molecule has 7 heteroatoms. The van der Waals surface area contributed by atoms with Crippen LogP contribution < -0.4 is 19.5 Å². The lowest BCUT2D eigenvalue weighted by atomic mass is 10.2. The molecule has 0 saturated carbocycles. The summed E-state index contributed by atoms with van der Waals surface area (Å²) < 4.78 is 38.1. The topological polar surface area (TPSA) is 76.7 Å². The number of anilines is 2. The maximum atomic E-state index is 12.6. The van der Waals surface area contributed by atoms with Gasteiger partial charge in [0.2, 0.25) is 0 Å². The summed E-state index contributed by atoms with van der Waals surface area (Å²) in [6, 6.07) is 9.98. The second-order valence-corrected chi connectivity index (χ2v) is 6.88. The molecule has 23 heavy (non-hydrogen) atoms. The Hall–Kier alpha value is -2.41. The van der Waals surface area contributed by atoms with Crippen LogP contribution in [0.25, 0.3) is 0 Å². The molecule has 122 valence electrons. The third-order valence-electron chi connectivity index (χ3n) is 3.70. The quantitative estimate of drug-likeness (QED) is 0.878. The molecule has 1 aliphatic rings. The molecule has 0 aliphatic carbocycles. The van der Waals surface area contributed by atoms with Crippen molar-refractivity contribution >= 4 is 21.4 Å². The Morgan fingerprint density at radius 3 is 2.39 bits per heavy atom. The van der Waals surface area contributed by atoms with E-state index in [0.717, 1.165) is 24.2 Å². The monoisotopic (exact) mass is 334 g/mol. The highest BCUT2D eigenvalue weighted by molar-refractivity contribution is 7.92. The van der Waals surface area contributed by atoms with Crippen LogP contribution in [0.15, 0.2) is 41.3 Å². The maximum absolute atomic E-state index is 12.6. The minimum atomic E-state index is -3.67. The summed E-state index contributed by atoms with van der Waals surface area (Å²) in [5, 5.41) is 3.21. The van der Waals surface area contributed by atoms with Crippen molar-refractivity contribution in [1.29, 1.82) is 0 Å². The van der Waals surface area contributed by atoms with Crippen LogP contribution >= 0.6 is 0 Å². The van der Waals surface area contributed by atoms with Crippen molar-refractivity contribution in [1.82, 2.24) is 0 Å². The summed E-state index contributed by atoms with van der Waals surface area (Å²) in [4.78, 5) is 0.238. The number of nitrogens with one attached hydrogen (secondary N) is 2. The average molecular weight is 334 g/mol. The molecule has 2 N–H and O–H groups in total. The van der Waals surface area contributed by atoms with E-state index < -0.39 is 10.0 Å². The first-order valence-electron chi connectivity index (χ1n) is 7.14. The zero-order valence-corrected chi connectivity index (χ0v) is 13.7. The van der Waals surface area contributed by atoms with E-state index in [1.807, 2.05) is 0 Å². The van der Waals surface area contributed by atoms with E-state index in [4.69, 9.17) is 9.47 Å². The Morgan fingerprint density at radius 2 is 1.74 bits per heavy atom. The third kappa shape index (κ3) is 3.19. The molecule has 0 atom stereocenters. The number of rotatable bonds is 5. The van der Waals surface area contributed by atoms with Gasteiger partial charge in [-0.25, -0.2) is 8.42 Å². The van der Waals surface area contributed by atoms with Gasteiger partial charge in [-0.1, -0.05) is 0 Å². The number of fused-ring (bicyclic) bond motifs is 1. The standard InChI is InChI=1S/C16H18N2O4S/c1-21-13-8-12(9-14(10-13)22-2)18-23(19,20)15-3-4-16-11(7-15)5-6-17-16/h3-4,7-10,17-18H,5-6H2,1-2H3. The average Bonchev–Trinajstić information content (AvgIpc) is 3.01. The van der Waals surface area contributed by atoms with Gasteiger partial charge in [0.1, 0.15) is 11.5 Å². The first-order chi connectivity index (χ1) is 11.0. The van der Waals surface area contributed by atoms with Crippen LogP contribution in [-0.2, 0) is 16.4 Å². The molecule has 1 aliphatic heterocycles. The fraction of sp³-hybridized carbons (Fsp3) is 0.250. The summed E-state index contributed by atoms with van der Waals surface area (Å²) in [5.74, 6) is 1.03. The normalized spacial score (nSPS) is 13.1. The minimum Gasteiger partial charge on any atom is -0.497 e. The van der Waals surface area contributed by atoms with Gasteiger partial charge in [-0.05, 0) is 30.2 Å². The summed E-state index contributed by atoms with van der Waals surface area (Å²) >= 11 is 0. The zero-order valence-electron chi connectivity index (χ0n) is 12.9. The van der Waals surface area contributed by atoms with Crippen LogP contribution in [0.3, 0.4) is 0 Å². The largest absolute Gasteiger partial charge is 0.497 e. The smallest absolute Gasteiger partial charge is 0.261 e. The van der Waals surface area contributed by atoms with Crippen molar-refractivity contribution < 1.29 is 17.9 Å². The van der Waals surface area contributed by atoms with Gasteiger partial charge in [-0.15, -0.1) is 0 Å². The molecule has 2 aromatic carbocycles. The molecule has 0 saturated heterocycles. The van der Waals surface area contributed by atoms with Gasteiger partial charge in [0.15, 0.2) is 0 Å². The van der Waals surface area contributed by atoms with E-state index in [9.17, 15) is 8.42 Å². The fourth-order valence-electron chi connectivity index (χ4n) is 2.53. The maximum Gasteiger partial charge on any atom is 0.261 e. The van der Waals surface area contributed by atoms with Crippen molar-refractivity contribution in [2.75, 3.05) is 30.8 Å². The summed E-state index contributed by atoms with van der Waals surface area (Å²) in [5.41, 5.74) is 2.39. The molecular formula is C16H18N2O4S. The number of methoxy groups -OCH3 is 2. The van der Waals surface area contributed by atoms with Crippen molar-refractivity contribution in [2.24, 2.45) is 0 Å². The van der Waals surface area contributed by atoms with Crippen LogP contribution in [0.2, 0.25) is 0 Å². The molecule has 2 aromatic rings. The molecule has 6 nitrogen and oxygen atoms in total. The fourth-order valence-corrected chi connectivity index (χ4v) is 3.62. The molecule has 0 fully saturated rings. The Bertz CT molecular complexity index is 812. The SMILES string of the molecule is COc1cc(NS(=O)(=O)c2ccc3c(c2)CCN3)cc(OC)c1. The second-order valence-electron chi connectivity index (χ2n) is 5.20. The van der Waals surface area contributed by atoms with Gasteiger partial charge >= 0.3 is 0 Å². The highest BCUT2D eigenvalue weighted by Gasteiger charge is 2.19. The van der Waals surface area contributed by atoms with E-state index >= 15 is 0 Å². The molecule has 0 amide bonds. The predicted molar refractivity (Wildman–Crippen MR) is 89.0 cm³/mol. The highest BCUT2D eigenvalue weighted by atomic mass is 32.2. The van der Waals surface area contributed by atoms with Crippen molar-refractivity contribution in [3.05, 3.63) is 42.0 Å². The number of sulfonamides is 1.